The summed E-state index contributed by atoms with van der Waals surface area (Å²) in [5.41, 5.74) is 0.358. The molecule has 1 saturated carbocycles. The molecule has 1 heterocycles. The Morgan fingerprint density at radius 1 is 1.25 bits per heavy atom. The first kappa shape index (κ1) is 11.7. The average molecular weight is 260 g/mol. The summed E-state index contributed by atoms with van der Waals surface area (Å²) in [6.07, 6.45) is 4.17. The molecule has 0 N–H and O–H groups in total. The molecule has 2 rings (SSSR count). The van der Waals surface area contributed by atoms with Crippen molar-refractivity contribution in [2.45, 2.75) is 31.8 Å². The van der Waals surface area contributed by atoms with Gasteiger partial charge in [0, 0.05) is 0 Å². The van der Waals surface area contributed by atoms with Gasteiger partial charge in [0.15, 0.2) is 0 Å². The number of carbonyl (C=O) groups is 1. The van der Waals surface area contributed by atoms with Crippen LogP contribution in [-0.4, -0.2) is 17.1 Å². The number of pyridine rings is 1. The second-order valence-electron chi connectivity index (χ2n) is 3.81. The Morgan fingerprint density at radius 2 is 1.81 bits per heavy atom. The fourth-order valence-electron chi connectivity index (χ4n) is 1.81. The molecule has 0 unspecified atom stereocenters. The van der Waals surface area contributed by atoms with Gasteiger partial charge in [0.05, 0.1) is 5.56 Å². The lowest BCUT2D eigenvalue weighted by Crippen LogP contribution is -2.14. The van der Waals surface area contributed by atoms with Gasteiger partial charge < -0.3 is 4.74 Å². The summed E-state index contributed by atoms with van der Waals surface area (Å²) in [5.74, 6) is -0.377. The molecule has 0 atom stereocenters. The number of nitrogens with zero attached hydrogens (tertiary/aromatic N) is 1. The average Bonchev–Trinajstić information content (AvgIpc) is 2.68. The highest BCUT2D eigenvalue weighted by atomic mass is 35.5. The van der Waals surface area contributed by atoms with Gasteiger partial charge in [-0.25, -0.2) is 9.78 Å². The van der Waals surface area contributed by atoms with Gasteiger partial charge in [-0.15, -0.1) is 0 Å². The summed E-state index contributed by atoms with van der Waals surface area (Å²) < 4.78 is 5.32. The van der Waals surface area contributed by atoms with Crippen LogP contribution in [0.2, 0.25) is 10.3 Å². The van der Waals surface area contributed by atoms with Gasteiger partial charge in [-0.1, -0.05) is 23.2 Å². The minimum atomic E-state index is -0.377. The zero-order valence-corrected chi connectivity index (χ0v) is 10.1. The Labute approximate surface area is 104 Å². The zero-order valence-electron chi connectivity index (χ0n) is 8.58. The van der Waals surface area contributed by atoms with Crippen LogP contribution in [0.15, 0.2) is 12.1 Å². The number of aromatic nitrogens is 1. The zero-order chi connectivity index (χ0) is 11.5. The Morgan fingerprint density at radius 3 is 2.38 bits per heavy atom. The van der Waals surface area contributed by atoms with Gasteiger partial charge in [0.1, 0.15) is 16.4 Å². The smallest absolute Gasteiger partial charge is 0.338 e. The maximum Gasteiger partial charge on any atom is 0.338 e. The minimum Gasteiger partial charge on any atom is -0.459 e. The maximum atomic E-state index is 11.7. The molecule has 0 spiro atoms. The third kappa shape index (κ3) is 2.86. The molecule has 86 valence electrons. The van der Waals surface area contributed by atoms with E-state index in [0.717, 1.165) is 25.7 Å². The quantitative estimate of drug-likeness (QED) is 0.603. The fraction of sp³-hybridized carbons (Fsp3) is 0.455. The third-order valence-electron chi connectivity index (χ3n) is 2.57. The molecule has 1 aromatic rings. The van der Waals surface area contributed by atoms with Crippen molar-refractivity contribution in [3.63, 3.8) is 0 Å². The van der Waals surface area contributed by atoms with E-state index in [9.17, 15) is 4.79 Å². The molecule has 5 heteroatoms. The van der Waals surface area contributed by atoms with Crippen LogP contribution in [0.5, 0.6) is 0 Å². The van der Waals surface area contributed by atoms with Crippen molar-refractivity contribution < 1.29 is 9.53 Å². The molecule has 16 heavy (non-hydrogen) atoms. The van der Waals surface area contributed by atoms with Crippen molar-refractivity contribution in [3.05, 3.63) is 28.0 Å². The van der Waals surface area contributed by atoms with E-state index >= 15 is 0 Å². The predicted octanol–water partition coefficient (Wildman–Crippen LogP) is 3.49. The Balaban J connectivity index is 2.07. The predicted molar refractivity (Wildman–Crippen MR) is 61.9 cm³/mol. The van der Waals surface area contributed by atoms with E-state index in [1.165, 1.54) is 12.1 Å². The first-order valence-electron chi connectivity index (χ1n) is 5.19. The van der Waals surface area contributed by atoms with Gasteiger partial charge in [0.2, 0.25) is 0 Å². The molecule has 0 radical (unpaired) electrons. The van der Waals surface area contributed by atoms with Crippen LogP contribution in [0.4, 0.5) is 0 Å². The molecular formula is C11H11Cl2NO2. The summed E-state index contributed by atoms with van der Waals surface area (Å²) in [6.45, 7) is 0. The molecule has 1 aliphatic carbocycles. The molecule has 0 aromatic carbocycles. The Hall–Kier alpha value is -0.800. The van der Waals surface area contributed by atoms with Crippen LogP contribution in [0.3, 0.4) is 0 Å². The number of halogens is 2. The van der Waals surface area contributed by atoms with E-state index in [2.05, 4.69) is 4.98 Å². The van der Waals surface area contributed by atoms with Gasteiger partial charge in [0.25, 0.3) is 0 Å². The van der Waals surface area contributed by atoms with Crippen molar-refractivity contribution in [2.75, 3.05) is 0 Å². The van der Waals surface area contributed by atoms with E-state index in [0.29, 0.717) is 5.56 Å². The van der Waals surface area contributed by atoms with Crippen molar-refractivity contribution in [1.82, 2.24) is 4.98 Å². The standard InChI is InChI=1S/C11H11Cl2NO2/c12-9-5-7(6-10(13)14-9)11(15)16-8-3-1-2-4-8/h5-6,8H,1-4H2. The van der Waals surface area contributed by atoms with Crippen molar-refractivity contribution >= 4 is 29.2 Å². The van der Waals surface area contributed by atoms with E-state index < -0.39 is 0 Å². The van der Waals surface area contributed by atoms with Crippen molar-refractivity contribution in [1.29, 1.82) is 0 Å². The summed E-state index contributed by atoms with van der Waals surface area (Å²) >= 11 is 11.4. The number of ether oxygens (including phenoxy) is 1. The molecule has 1 aromatic heterocycles. The summed E-state index contributed by atoms with van der Waals surface area (Å²) in [4.78, 5) is 15.5. The molecule has 0 bridgehead atoms. The van der Waals surface area contributed by atoms with E-state index in [4.69, 9.17) is 27.9 Å². The minimum absolute atomic E-state index is 0.0400. The molecule has 0 saturated heterocycles. The summed E-state index contributed by atoms with van der Waals surface area (Å²) in [7, 11) is 0. The Bertz CT molecular complexity index is 383. The van der Waals surface area contributed by atoms with Gasteiger partial charge in [-0.05, 0) is 37.8 Å². The van der Waals surface area contributed by atoms with Gasteiger partial charge >= 0.3 is 5.97 Å². The first-order chi connectivity index (χ1) is 7.65. The number of rotatable bonds is 2. The largest absolute Gasteiger partial charge is 0.459 e. The summed E-state index contributed by atoms with van der Waals surface area (Å²) in [5, 5.41) is 0.400. The monoisotopic (exact) mass is 259 g/mol. The van der Waals surface area contributed by atoms with Crippen LogP contribution in [0.25, 0.3) is 0 Å². The second kappa shape index (κ2) is 5.02. The lowest BCUT2D eigenvalue weighted by molar-refractivity contribution is 0.0317. The van der Waals surface area contributed by atoms with Crippen LogP contribution in [-0.2, 0) is 4.74 Å². The highest BCUT2D eigenvalue weighted by Crippen LogP contribution is 2.23. The number of esters is 1. The number of hydrogen-bond donors (Lipinski definition) is 0. The lowest BCUT2D eigenvalue weighted by Gasteiger charge is -2.11. The molecule has 1 fully saturated rings. The molecule has 0 amide bonds. The topological polar surface area (TPSA) is 39.2 Å². The number of carbonyl (C=O) groups excluding carboxylic acids is 1. The molecule has 1 aliphatic rings. The van der Waals surface area contributed by atoms with E-state index in [-0.39, 0.29) is 22.4 Å². The highest BCUT2D eigenvalue weighted by Gasteiger charge is 2.20. The van der Waals surface area contributed by atoms with Crippen LogP contribution >= 0.6 is 23.2 Å². The maximum absolute atomic E-state index is 11.7. The molecule has 0 aliphatic heterocycles. The van der Waals surface area contributed by atoms with E-state index in [1.807, 2.05) is 0 Å². The van der Waals surface area contributed by atoms with Crippen molar-refractivity contribution in [3.8, 4) is 0 Å². The van der Waals surface area contributed by atoms with Crippen molar-refractivity contribution in [2.24, 2.45) is 0 Å². The van der Waals surface area contributed by atoms with Crippen LogP contribution < -0.4 is 0 Å². The molecule has 3 nitrogen and oxygen atoms in total. The Kier molecular flexibility index (Phi) is 3.66. The van der Waals surface area contributed by atoms with Crippen LogP contribution in [0, 0.1) is 0 Å². The second-order valence-corrected chi connectivity index (χ2v) is 4.59. The third-order valence-corrected chi connectivity index (χ3v) is 2.96. The normalized spacial score (nSPS) is 16.4. The van der Waals surface area contributed by atoms with Gasteiger partial charge in [-0.3, -0.25) is 0 Å². The fourth-order valence-corrected chi connectivity index (χ4v) is 2.27. The van der Waals surface area contributed by atoms with E-state index in [1.54, 1.807) is 0 Å². The SMILES string of the molecule is O=C(OC1CCCC1)c1cc(Cl)nc(Cl)c1. The molecular weight excluding hydrogens is 249 g/mol. The highest BCUT2D eigenvalue weighted by molar-refractivity contribution is 6.32. The lowest BCUT2D eigenvalue weighted by atomic mass is 10.2. The summed E-state index contributed by atoms with van der Waals surface area (Å²) in [6, 6.07) is 2.93. The number of hydrogen-bond acceptors (Lipinski definition) is 3. The van der Waals surface area contributed by atoms with Crippen LogP contribution in [0.1, 0.15) is 36.0 Å². The van der Waals surface area contributed by atoms with Gasteiger partial charge in [-0.2, -0.15) is 0 Å². The first-order valence-corrected chi connectivity index (χ1v) is 5.95.